The Kier molecular flexibility index (Phi) is 4.66. The molecule has 3 nitrogen and oxygen atoms in total. The van der Waals surface area contributed by atoms with E-state index in [0.717, 1.165) is 53.1 Å². The average molecular weight is 320 g/mol. The molecule has 0 radical (unpaired) electrons. The molecule has 2 heterocycles. The van der Waals surface area contributed by atoms with Crippen LogP contribution in [0.4, 0.5) is 5.82 Å². The fourth-order valence-corrected chi connectivity index (χ4v) is 3.66. The Labute approximate surface area is 134 Å². The maximum Gasteiger partial charge on any atom is 0.135 e. The lowest BCUT2D eigenvalue weighted by atomic mass is 10.1. The highest BCUT2D eigenvalue weighted by atomic mass is 35.5. The zero-order valence-corrected chi connectivity index (χ0v) is 13.6. The molecule has 0 spiro atoms. The molecule has 1 aliphatic rings. The topological polar surface area (TPSA) is 37.8 Å². The van der Waals surface area contributed by atoms with E-state index >= 15 is 0 Å². The molecule has 0 aliphatic carbocycles. The van der Waals surface area contributed by atoms with Gasteiger partial charge >= 0.3 is 0 Å². The van der Waals surface area contributed by atoms with Gasteiger partial charge in [0.05, 0.1) is 5.69 Å². The number of rotatable bonds is 5. The second kappa shape index (κ2) is 6.67. The summed E-state index contributed by atoms with van der Waals surface area (Å²) in [6.07, 6.45) is 1.81. The molecule has 1 N–H and O–H groups in total. The number of nitrogens with zero attached hydrogens (tertiary/aromatic N) is 2. The lowest BCUT2D eigenvalue weighted by Gasteiger charge is -2.11. The van der Waals surface area contributed by atoms with Crippen molar-refractivity contribution in [2.75, 3.05) is 11.9 Å². The molecule has 0 bridgehead atoms. The van der Waals surface area contributed by atoms with Gasteiger partial charge in [0.1, 0.15) is 11.6 Å². The summed E-state index contributed by atoms with van der Waals surface area (Å²) >= 11 is 7.95. The van der Waals surface area contributed by atoms with E-state index in [1.165, 1.54) is 11.3 Å². The zero-order valence-electron chi connectivity index (χ0n) is 12.0. The fraction of sp³-hybridized carbons (Fsp3) is 0.375. The summed E-state index contributed by atoms with van der Waals surface area (Å²) in [6, 6.07) is 7.90. The summed E-state index contributed by atoms with van der Waals surface area (Å²) in [7, 11) is 0. The van der Waals surface area contributed by atoms with Crippen LogP contribution in [0.1, 0.15) is 36.0 Å². The molecule has 0 saturated carbocycles. The summed E-state index contributed by atoms with van der Waals surface area (Å²) in [5.41, 5.74) is 3.61. The third-order valence-corrected chi connectivity index (χ3v) is 4.62. The van der Waals surface area contributed by atoms with Gasteiger partial charge in [0, 0.05) is 35.1 Å². The molecule has 1 aliphatic heterocycles. The molecule has 0 amide bonds. The van der Waals surface area contributed by atoms with Gasteiger partial charge in [-0.1, -0.05) is 30.7 Å². The highest BCUT2D eigenvalue weighted by Crippen LogP contribution is 2.33. The van der Waals surface area contributed by atoms with Crippen molar-refractivity contribution >= 4 is 29.2 Å². The molecule has 0 fully saturated rings. The van der Waals surface area contributed by atoms with Crippen LogP contribution < -0.4 is 5.32 Å². The van der Waals surface area contributed by atoms with Crippen molar-refractivity contribution in [1.82, 2.24) is 9.97 Å². The van der Waals surface area contributed by atoms with Crippen molar-refractivity contribution in [2.45, 2.75) is 31.3 Å². The minimum absolute atomic E-state index is 0.722. The summed E-state index contributed by atoms with van der Waals surface area (Å²) in [6.45, 7) is 3.11. The minimum Gasteiger partial charge on any atom is -0.370 e. The van der Waals surface area contributed by atoms with Crippen LogP contribution in [-0.2, 0) is 17.9 Å². The molecule has 110 valence electrons. The first-order valence-corrected chi connectivity index (χ1v) is 8.74. The monoisotopic (exact) mass is 319 g/mol. The molecule has 0 saturated heterocycles. The number of benzene rings is 1. The van der Waals surface area contributed by atoms with Crippen molar-refractivity contribution in [2.24, 2.45) is 0 Å². The maximum absolute atomic E-state index is 6.05. The van der Waals surface area contributed by atoms with E-state index in [0.29, 0.717) is 0 Å². The molecule has 1 aromatic carbocycles. The van der Waals surface area contributed by atoms with Gasteiger partial charge in [-0.2, -0.15) is 11.8 Å². The Hall–Kier alpha value is -1.26. The average Bonchev–Trinajstić information content (AvgIpc) is 2.93. The third-order valence-electron chi connectivity index (χ3n) is 3.42. The second-order valence-electron chi connectivity index (χ2n) is 5.14. The zero-order chi connectivity index (χ0) is 14.7. The smallest absolute Gasteiger partial charge is 0.135 e. The molecule has 21 heavy (non-hydrogen) atoms. The molecule has 2 aromatic rings. The minimum atomic E-state index is 0.722. The lowest BCUT2D eigenvalue weighted by molar-refractivity contribution is 0.905. The van der Waals surface area contributed by atoms with E-state index < -0.39 is 0 Å². The molecule has 5 heteroatoms. The van der Waals surface area contributed by atoms with Crippen molar-refractivity contribution < 1.29 is 0 Å². The first-order chi connectivity index (χ1) is 10.3. The van der Waals surface area contributed by atoms with Gasteiger partial charge in [0.25, 0.3) is 0 Å². The number of thioether (sulfide) groups is 1. The number of fused-ring (bicyclic) bond motifs is 1. The van der Waals surface area contributed by atoms with Crippen molar-refractivity contribution in [3.05, 3.63) is 51.9 Å². The number of halogens is 1. The van der Waals surface area contributed by atoms with E-state index in [4.69, 9.17) is 21.6 Å². The van der Waals surface area contributed by atoms with Gasteiger partial charge in [-0.05, 0) is 24.1 Å². The van der Waals surface area contributed by atoms with Crippen LogP contribution in [0.15, 0.2) is 24.3 Å². The quantitative estimate of drug-likeness (QED) is 0.892. The molecular formula is C16H18ClN3S. The van der Waals surface area contributed by atoms with Crippen molar-refractivity contribution in [3.8, 4) is 0 Å². The number of anilines is 1. The van der Waals surface area contributed by atoms with Gasteiger partial charge < -0.3 is 5.32 Å². The van der Waals surface area contributed by atoms with Gasteiger partial charge in [0.15, 0.2) is 0 Å². The first kappa shape index (κ1) is 14.7. The molecule has 0 unspecified atom stereocenters. The van der Waals surface area contributed by atoms with Crippen LogP contribution in [-0.4, -0.2) is 16.5 Å². The Morgan fingerprint density at radius 1 is 1.29 bits per heavy atom. The largest absolute Gasteiger partial charge is 0.370 e. The highest BCUT2D eigenvalue weighted by molar-refractivity contribution is 7.98. The standard InChI is InChI=1S/C16H18ClN3S/c1-2-6-18-16-13-9-21-10-14(13)19-15(20-16)8-11-4-3-5-12(17)7-11/h3-5,7H,2,6,8-10H2,1H3,(H,18,19,20). The molecule has 3 rings (SSSR count). The van der Waals surface area contributed by atoms with Crippen LogP contribution in [0.2, 0.25) is 5.02 Å². The number of hydrogen-bond acceptors (Lipinski definition) is 4. The van der Waals surface area contributed by atoms with E-state index in [2.05, 4.69) is 18.3 Å². The van der Waals surface area contributed by atoms with Gasteiger partial charge in [-0.3, -0.25) is 0 Å². The summed E-state index contributed by atoms with van der Waals surface area (Å²) in [5, 5.41) is 4.20. The van der Waals surface area contributed by atoms with Crippen molar-refractivity contribution in [3.63, 3.8) is 0 Å². The Balaban J connectivity index is 1.88. The van der Waals surface area contributed by atoms with Crippen molar-refractivity contribution in [1.29, 1.82) is 0 Å². The number of hydrogen-bond donors (Lipinski definition) is 1. The van der Waals surface area contributed by atoms with E-state index in [1.54, 1.807) is 0 Å². The van der Waals surface area contributed by atoms with Gasteiger partial charge in [-0.15, -0.1) is 0 Å². The number of aromatic nitrogens is 2. The van der Waals surface area contributed by atoms with E-state index in [1.807, 2.05) is 30.0 Å². The fourth-order valence-electron chi connectivity index (χ4n) is 2.40. The third kappa shape index (κ3) is 3.50. The SMILES string of the molecule is CCCNc1nc(Cc2cccc(Cl)c2)nc2c1CSC2. The maximum atomic E-state index is 6.05. The first-order valence-electron chi connectivity index (χ1n) is 7.21. The predicted molar refractivity (Wildman–Crippen MR) is 90.1 cm³/mol. The van der Waals surface area contributed by atoms with E-state index in [9.17, 15) is 0 Å². The molecule has 0 atom stereocenters. The van der Waals surface area contributed by atoms with Crippen LogP contribution in [0.25, 0.3) is 0 Å². The molecule has 1 aromatic heterocycles. The Morgan fingerprint density at radius 3 is 3.00 bits per heavy atom. The van der Waals surface area contributed by atoms with Crippen LogP contribution >= 0.6 is 23.4 Å². The summed E-state index contributed by atoms with van der Waals surface area (Å²) < 4.78 is 0. The van der Waals surface area contributed by atoms with Crippen LogP contribution in [0.5, 0.6) is 0 Å². The van der Waals surface area contributed by atoms with Crippen LogP contribution in [0.3, 0.4) is 0 Å². The summed E-state index contributed by atoms with van der Waals surface area (Å²) in [5.74, 6) is 3.89. The predicted octanol–water partition coefficient (Wildman–Crippen LogP) is 4.29. The van der Waals surface area contributed by atoms with E-state index in [-0.39, 0.29) is 0 Å². The normalized spacial score (nSPS) is 13.2. The van der Waals surface area contributed by atoms with Gasteiger partial charge in [0.2, 0.25) is 0 Å². The lowest BCUT2D eigenvalue weighted by Crippen LogP contribution is -2.10. The summed E-state index contributed by atoms with van der Waals surface area (Å²) in [4.78, 5) is 9.46. The van der Waals surface area contributed by atoms with Crippen LogP contribution in [0, 0.1) is 0 Å². The number of nitrogens with one attached hydrogen (secondary N) is 1. The molecular weight excluding hydrogens is 302 g/mol. The second-order valence-corrected chi connectivity index (χ2v) is 6.56. The Bertz CT molecular complexity index is 645. The Morgan fingerprint density at radius 2 is 2.19 bits per heavy atom. The highest BCUT2D eigenvalue weighted by Gasteiger charge is 2.19. The van der Waals surface area contributed by atoms with Gasteiger partial charge in [-0.25, -0.2) is 9.97 Å².